The van der Waals surface area contributed by atoms with Crippen molar-refractivity contribution in [2.24, 2.45) is 11.0 Å². The molecule has 0 aliphatic carbocycles. The number of hydrogen-bond donors (Lipinski definition) is 2. The molecule has 0 radical (unpaired) electrons. The van der Waals surface area contributed by atoms with Gasteiger partial charge in [0.15, 0.2) is 0 Å². The number of pyridine rings is 1. The Kier molecular flexibility index (Phi) is 6.01. The van der Waals surface area contributed by atoms with Gasteiger partial charge in [0.05, 0.1) is 11.9 Å². The highest BCUT2D eigenvalue weighted by Gasteiger charge is 2.20. The minimum Gasteiger partial charge on any atom is -0.480 e. The molecule has 0 fully saturated rings. The number of hydrazone groups is 1. The normalized spacial score (nSPS) is 12.3. The lowest BCUT2D eigenvalue weighted by atomic mass is 10.2. The van der Waals surface area contributed by atoms with Gasteiger partial charge in [-0.25, -0.2) is 5.01 Å². The number of carboxylic acids is 1. The Bertz CT molecular complexity index is 465. The van der Waals surface area contributed by atoms with Gasteiger partial charge >= 0.3 is 5.97 Å². The van der Waals surface area contributed by atoms with E-state index in [1.807, 2.05) is 0 Å². The van der Waals surface area contributed by atoms with Gasteiger partial charge < -0.3 is 5.11 Å². The van der Waals surface area contributed by atoms with Crippen LogP contribution in [0.1, 0.15) is 12.6 Å². The molecule has 1 rings (SSSR count). The average molecular weight is 281 g/mol. The standard InChI is InChI=1S/C12H15N3O3S/c1-9(8-19)12(18)15(7-11(16)17)14-6-10-4-2-3-5-13-10/h2-6,9,19H,7-8H2,1H3,(H,16,17). The molecule has 0 bridgehead atoms. The Balaban J connectivity index is 2.83. The minimum atomic E-state index is -1.13. The number of aliphatic carboxylic acids is 1. The van der Waals surface area contributed by atoms with Crippen LogP contribution in [0.5, 0.6) is 0 Å². The summed E-state index contributed by atoms with van der Waals surface area (Å²) < 4.78 is 0. The molecule has 1 amide bonds. The van der Waals surface area contributed by atoms with E-state index in [9.17, 15) is 9.59 Å². The number of carbonyl (C=O) groups excluding carboxylic acids is 1. The number of rotatable bonds is 6. The van der Waals surface area contributed by atoms with Crippen LogP contribution in [-0.2, 0) is 9.59 Å². The molecule has 0 aliphatic heterocycles. The van der Waals surface area contributed by atoms with Crippen LogP contribution in [0.25, 0.3) is 0 Å². The van der Waals surface area contributed by atoms with E-state index in [0.717, 1.165) is 5.01 Å². The van der Waals surface area contributed by atoms with Crippen LogP contribution in [0.15, 0.2) is 29.5 Å². The predicted molar refractivity (Wildman–Crippen MR) is 74.2 cm³/mol. The van der Waals surface area contributed by atoms with Crippen LogP contribution in [0.4, 0.5) is 0 Å². The lowest BCUT2D eigenvalue weighted by Gasteiger charge is -2.17. The second kappa shape index (κ2) is 7.52. The predicted octanol–water partition coefficient (Wildman–Crippen LogP) is 0.895. The number of aromatic nitrogens is 1. The van der Waals surface area contributed by atoms with Crippen molar-refractivity contribution in [3.63, 3.8) is 0 Å². The number of amides is 1. The van der Waals surface area contributed by atoms with Crippen molar-refractivity contribution in [2.45, 2.75) is 6.92 Å². The summed E-state index contributed by atoms with van der Waals surface area (Å²) in [5, 5.41) is 13.6. The van der Waals surface area contributed by atoms with Gasteiger partial charge in [-0.1, -0.05) is 13.0 Å². The van der Waals surface area contributed by atoms with E-state index in [2.05, 4.69) is 22.7 Å². The summed E-state index contributed by atoms with van der Waals surface area (Å²) in [6, 6.07) is 5.23. The first-order valence-electron chi connectivity index (χ1n) is 5.63. The largest absolute Gasteiger partial charge is 0.480 e. The average Bonchev–Trinajstić information content (AvgIpc) is 2.42. The molecule has 1 aromatic rings. The van der Waals surface area contributed by atoms with E-state index >= 15 is 0 Å². The smallest absolute Gasteiger partial charge is 0.325 e. The van der Waals surface area contributed by atoms with Crippen molar-refractivity contribution >= 4 is 30.7 Å². The summed E-state index contributed by atoms with van der Waals surface area (Å²) >= 11 is 4.02. The molecule has 19 heavy (non-hydrogen) atoms. The maximum absolute atomic E-state index is 11.9. The zero-order chi connectivity index (χ0) is 14.3. The third-order valence-corrected chi connectivity index (χ3v) is 2.80. The SMILES string of the molecule is CC(CS)C(=O)N(CC(=O)O)N=Cc1ccccn1. The number of carboxylic acid groups (broad SMARTS) is 1. The molecule has 0 aliphatic rings. The molecule has 6 nitrogen and oxygen atoms in total. The highest BCUT2D eigenvalue weighted by molar-refractivity contribution is 7.80. The number of nitrogens with zero attached hydrogens (tertiary/aromatic N) is 3. The zero-order valence-electron chi connectivity index (χ0n) is 10.4. The molecule has 1 atom stereocenters. The molecule has 1 aromatic heterocycles. The summed E-state index contributed by atoms with van der Waals surface area (Å²) in [6.45, 7) is 1.18. The Morgan fingerprint density at radius 2 is 2.32 bits per heavy atom. The second-order valence-corrected chi connectivity index (χ2v) is 4.24. The van der Waals surface area contributed by atoms with E-state index in [1.54, 1.807) is 31.3 Å². The van der Waals surface area contributed by atoms with E-state index < -0.39 is 18.4 Å². The minimum absolute atomic E-state index is 0.327. The van der Waals surface area contributed by atoms with Crippen LogP contribution in [0, 0.1) is 5.92 Å². The summed E-state index contributed by atoms with van der Waals surface area (Å²) in [5.74, 6) is -1.58. The molecule has 0 saturated carbocycles. The fourth-order valence-corrected chi connectivity index (χ4v) is 1.37. The molecule has 0 spiro atoms. The molecule has 0 saturated heterocycles. The van der Waals surface area contributed by atoms with Gasteiger partial charge in [-0.2, -0.15) is 17.7 Å². The van der Waals surface area contributed by atoms with Gasteiger partial charge in [0, 0.05) is 17.9 Å². The van der Waals surface area contributed by atoms with Gasteiger partial charge in [-0.3, -0.25) is 14.6 Å². The van der Waals surface area contributed by atoms with E-state index in [1.165, 1.54) is 6.21 Å². The van der Waals surface area contributed by atoms with Crippen molar-refractivity contribution in [3.05, 3.63) is 30.1 Å². The Hall–Kier alpha value is -1.89. The lowest BCUT2D eigenvalue weighted by molar-refractivity contribution is -0.145. The van der Waals surface area contributed by atoms with Crippen LogP contribution in [0.2, 0.25) is 0 Å². The quantitative estimate of drug-likeness (QED) is 0.461. The van der Waals surface area contributed by atoms with Crippen LogP contribution in [-0.4, -0.2) is 45.5 Å². The van der Waals surface area contributed by atoms with E-state index in [0.29, 0.717) is 11.4 Å². The van der Waals surface area contributed by atoms with Gasteiger partial charge in [0.25, 0.3) is 0 Å². The Morgan fingerprint density at radius 3 is 2.84 bits per heavy atom. The molecular formula is C12H15N3O3S. The third-order valence-electron chi connectivity index (χ3n) is 2.25. The topological polar surface area (TPSA) is 82.9 Å². The van der Waals surface area contributed by atoms with Crippen LogP contribution < -0.4 is 0 Å². The molecular weight excluding hydrogens is 266 g/mol. The monoisotopic (exact) mass is 281 g/mol. The van der Waals surface area contributed by atoms with Crippen molar-refractivity contribution in [1.82, 2.24) is 9.99 Å². The summed E-state index contributed by atoms with van der Waals surface area (Å²) in [6.07, 6.45) is 2.94. The van der Waals surface area contributed by atoms with Crippen LogP contribution in [0.3, 0.4) is 0 Å². The molecule has 102 valence electrons. The fraction of sp³-hybridized carbons (Fsp3) is 0.333. The Labute approximate surface area is 116 Å². The maximum atomic E-state index is 11.9. The first-order valence-corrected chi connectivity index (χ1v) is 6.27. The summed E-state index contributed by atoms with van der Waals surface area (Å²) in [5.41, 5.74) is 0.546. The number of hydrogen-bond acceptors (Lipinski definition) is 5. The van der Waals surface area contributed by atoms with E-state index in [-0.39, 0.29) is 5.91 Å². The number of thiol groups is 1. The van der Waals surface area contributed by atoms with Gasteiger partial charge in [-0.15, -0.1) is 0 Å². The lowest BCUT2D eigenvalue weighted by Crippen LogP contribution is -2.35. The van der Waals surface area contributed by atoms with Gasteiger partial charge in [0.1, 0.15) is 6.54 Å². The second-order valence-electron chi connectivity index (χ2n) is 3.87. The van der Waals surface area contributed by atoms with Gasteiger partial charge in [-0.05, 0) is 12.1 Å². The first-order chi connectivity index (χ1) is 9.04. The van der Waals surface area contributed by atoms with Crippen molar-refractivity contribution in [2.75, 3.05) is 12.3 Å². The number of carbonyl (C=O) groups is 2. The van der Waals surface area contributed by atoms with Crippen molar-refractivity contribution in [3.8, 4) is 0 Å². The van der Waals surface area contributed by atoms with Crippen molar-refractivity contribution < 1.29 is 14.7 Å². The van der Waals surface area contributed by atoms with Crippen molar-refractivity contribution in [1.29, 1.82) is 0 Å². The Morgan fingerprint density at radius 1 is 1.58 bits per heavy atom. The van der Waals surface area contributed by atoms with Crippen LogP contribution >= 0.6 is 12.6 Å². The molecule has 7 heteroatoms. The highest BCUT2D eigenvalue weighted by Crippen LogP contribution is 2.05. The molecule has 0 aromatic carbocycles. The molecule has 1 heterocycles. The zero-order valence-corrected chi connectivity index (χ0v) is 11.3. The first kappa shape index (κ1) is 15.2. The fourth-order valence-electron chi connectivity index (χ4n) is 1.22. The third kappa shape index (κ3) is 5.09. The summed E-state index contributed by atoms with van der Waals surface area (Å²) in [7, 11) is 0. The summed E-state index contributed by atoms with van der Waals surface area (Å²) in [4.78, 5) is 26.6. The maximum Gasteiger partial charge on any atom is 0.325 e. The molecule has 1 unspecified atom stereocenters. The molecule has 1 N–H and O–H groups in total. The van der Waals surface area contributed by atoms with Gasteiger partial charge in [0.2, 0.25) is 5.91 Å². The highest BCUT2D eigenvalue weighted by atomic mass is 32.1. The van der Waals surface area contributed by atoms with E-state index in [4.69, 9.17) is 5.11 Å².